The topological polar surface area (TPSA) is 58.9 Å². The second-order valence-corrected chi connectivity index (χ2v) is 4.44. The average Bonchev–Trinajstić information content (AvgIpc) is 2.67. The Bertz CT molecular complexity index is 391. The number of nitrogens with zero attached hydrogens (tertiary/aromatic N) is 1. The molecule has 4 nitrogen and oxygen atoms in total. The van der Waals surface area contributed by atoms with E-state index in [1.165, 1.54) is 0 Å². The van der Waals surface area contributed by atoms with Crippen LogP contribution in [0.3, 0.4) is 0 Å². The van der Waals surface area contributed by atoms with Gasteiger partial charge in [-0.15, -0.1) is 0 Å². The lowest BCUT2D eigenvalue weighted by molar-refractivity contribution is 0.101. The molecule has 1 aliphatic rings. The molecule has 1 heterocycles. The summed E-state index contributed by atoms with van der Waals surface area (Å²) < 4.78 is 10.6. The van der Waals surface area contributed by atoms with Gasteiger partial charge in [0.05, 0.1) is 5.71 Å². The molecular weight excluding hydrogens is 213 g/mol. The number of rotatable bonds is 3. The molecule has 0 saturated heterocycles. The Morgan fingerprint density at radius 2 is 2.20 bits per heavy atom. The molecule has 1 aliphatic heterocycles. The summed E-state index contributed by atoms with van der Waals surface area (Å²) in [6.45, 7) is 0. The van der Waals surface area contributed by atoms with Gasteiger partial charge in [-0.2, -0.15) is 4.89 Å². The molecule has 0 aliphatic carbocycles. The highest BCUT2D eigenvalue weighted by atomic mass is 31.1. The van der Waals surface area contributed by atoms with Crippen molar-refractivity contribution < 1.29 is 14.3 Å². The first-order chi connectivity index (χ1) is 7.25. The smallest absolute Gasteiger partial charge is 0.387 e. The Morgan fingerprint density at radius 1 is 1.47 bits per heavy atom. The van der Waals surface area contributed by atoms with Crippen LogP contribution in [0.5, 0.6) is 0 Å². The molecule has 15 heavy (non-hydrogen) atoms. The van der Waals surface area contributed by atoms with E-state index in [-0.39, 0.29) is 12.3 Å². The van der Waals surface area contributed by atoms with Gasteiger partial charge in [-0.05, 0) is 10.1 Å². The Hall–Kier alpha value is -1.25. The van der Waals surface area contributed by atoms with Crippen molar-refractivity contribution in [3.8, 4) is 0 Å². The Morgan fingerprint density at radius 3 is 2.87 bits per heavy atom. The fraction of sp³-hybridized carbons (Fsp3) is 0.300. The van der Waals surface area contributed by atoms with Crippen molar-refractivity contribution in [1.29, 1.82) is 0 Å². The summed E-state index contributed by atoms with van der Waals surface area (Å²) >= 11 is 0. The molecule has 2 unspecified atom stereocenters. The Kier molecular flexibility index (Phi) is 3.09. The van der Waals surface area contributed by atoms with Crippen LogP contribution in [-0.4, -0.2) is 22.9 Å². The normalized spacial score (nSPS) is 20.7. The molecule has 0 fully saturated rings. The first kappa shape index (κ1) is 10.3. The first-order valence-corrected chi connectivity index (χ1v) is 6.07. The van der Waals surface area contributed by atoms with Crippen LogP contribution in [0, 0.1) is 0 Å². The molecule has 1 N–H and O–H groups in total. The van der Waals surface area contributed by atoms with E-state index in [1.807, 2.05) is 30.3 Å². The van der Waals surface area contributed by atoms with Crippen molar-refractivity contribution in [3.63, 3.8) is 0 Å². The molecule has 5 heteroatoms. The van der Waals surface area contributed by atoms with Crippen molar-refractivity contribution in [3.05, 3.63) is 35.9 Å². The van der Waals surface area contributed by atoms with E-state index in [1.54, 1.807) is 0 Å². The van der Waals surface area contributed by atoms with Crippen LogP contribution in [0.1, 0.15) is 12.0 Å². The van der Waals surface area contributed by atoms with E-state index in [0.29, 0.717) is 6.42 Å². The van der Waals surface area contributed by atoms with E-state index in [4.69, 9.17) is 9.73 Å². The fourth-order valence-corrected chi connectivity index (χ4v) is 2.05. The maximum Gasteiger partial charge on any atom is 0.509 e. The molecule has 1 aromatic rings. The summed E-state index contributed by atoms with van der Waals surface area (Å²) in [4.78, 5) is 13.8. The third-order valence-electron chi connectivity index (χ3n) is 2.20. The van der Waals surface area contributed by atoms with E-state index in [0.717, 1.165) is 11.3 Å². The second kappa shape index (κ2) is 4.51. The van der Waals surface area contributed by atoms with Crippen LogP contribution in [0.4, 0.5) is 0 Å². The molecule has 78 valence electrons. The minimum atomic E-state index is -2.15. The molecule has 2 rings (SSSR count). The predicted molar refractivity (Wildman–Crippen MR) is 57.2 cm³/mol. The van der Waals surface area contributed by atoms with Gasteiger partial charge in [0.15, 0.2) is 6.10 Å². The van der Waals surface area contributed by atoms with Crippen LogP contribution in [-0.2, 0) is 9.40 Å². The van der Waals surface area contributed by atoms with Crippen molar-refractivity contribution in [2.45, 2.75) is 12.5 Å². The zero-order valence-electron chi connectivity index (χ0n) is 8.04. The molecule has 0 saturated carbocycles. The minimum Gasteiger partial charge on any atom is -0.387 e. The zero-order valence-corrected chi connectivity index (χ0v) is 8.93. The van der Waals surface area contributed by atoms with Crippen molar-refractivity contribution in [2.24, 2.45) is 5.16 Å². The van der Waals surface area contributed by atoms with Gasteiger partial charge in [-0.3, -0.25) is 0 Å². The standard InChI is InChI=1S/C10H10NO3P/c12-15(13)7-9-6-10(11-14-9)8-4-2-1-3-5-8/h1-5,9H,6-7H2/p+1. The van der Waals surface area contributed by atoms with Gasteiger partial charge in [0.2, 0.25) is 6.16 Å². The van der Waals surface area contributed by atoms with Crippen LogP contribution < -0.4 is 0 Å². The van der Waals surface area contributed by atoms with Crippen LogP contribution in [0.25, 0.3) is 0 Å². The second-order valence-electron chi connectivity index (χ2n) is 3.37. The van der Waals surface area contributed by atoms with Gasteiger partial charge in [-0.1, -0.05) is 35.5 Å². The largest absolute Gasteiger partial charge is 0.509 e. The number of oxime groups is 1. The lowest BCUT2D eigenvalue weighted by Gasteiger charge is -1.98. The first-order valence-electron chi connectivity index (χ1n) is 4.67. The Balaban J connectivity index is 2.01. The highest BCUT2D eigenvalue weighted by Crippen LogP contribution is 2.23. The minimum absolute atomic E-state index is 0.148. The molecule has 0 spiro atoms. The number of hydrogen-bond acceptors (Lipinski definition) is 3. The lowest BCUT2D eigenvalue weighted by atomic mass is 10.1. The van der Waals surface area contributed by atoms with Gasteiger partial charge in [-0.25, -0.2) is 0 Å². The van der Waals surface area contributed by atoms with E-state index < -0.39 is 8.03 Å². The maximum atomic E-state index is 10.6. The summed E-state index contributed by atoms with van der Waals surface area (Å²) in [5, 5.41) is 3.92. The molecule has 0 bridgehead atoms. The number of benzene rings is 1. The lowest BCUT2D eigenvalue weighted by Crippen LogP contribution is -2.11. The molecule has 2 atom stereocenters. The highest BCUT2D eigenvalue weighted by Gasteiger charge is 2.29. The average molecular weight is 224 g/mol. The van der Waals surface area contributed by atoms with Gasteiger partial charge in [0, 0.05) is 6.42 Å². The predicted octanol–water partition coefficient (Wildman–Crippen LogP) is 1.91. The van der Waals surface area contributed by atoms with Gasteiger partial charge in [0.1, 0.15) is 0 Å². The molecule has 0 aromatic heterocycles. The summed E-state index contributed by atoms with van der Waals surface area (Å²) in [5.41, 5.74) is 1.85. The third kappa shape index (κ3) is 2.61. The summed E-state index contributed by atoms with van der Waals surface area (Å²) in [6.07, 6.45) is 0.495. The molecule has 0 radical (unpaired) electrons. The fourth-order valence-electron chi connectivity index (χ4n) is 1.50. The molecule has 0 amide bonds. The quantitative estimate of drug-likeness (QED) is 0.798. The highest BCUT2D eigenvalue weighted by molar-refractivity contribution is 7.38. The van der Waals surface area contributed by atoms with Crippen LogP contribution >= 0.6 is 8.03 Å². The molecular formula is C10H11NO3P+. The summed E-state index contributed by atoms with van der Waals surface area (Å²) in [6, 6.07) is 9.68. The SMILES string of the molecule is O=[P+](O)CC1CC(c2ccccc2)=NO1. The number of hydrogen-bond donors (Lipinski definition) is 1. The van der Waals surface area contributed by atoms with Crippen molar-refractivity contribution >= 4 is 13.7 Å². The summed E-state index contributed by atoms with van der Waals surface area (Å²) in [5.74, 6) is 0. The Labute approximate surface area is 88.4 Å². The zero-order chi connectivity index (χ0) is 10.7. The van der Waals surface area contributed by atoms with E-state index in [2.05, 4.69) is 5.16 Å². The van der Waals surface area contributed by atoms with Crippen molar-refractivity contribution in [2.75, 3.05) is 6.16 Å². The van der Waals surface area contributed by atoms with Gasteiger partial charge in [0.25, 0.3) is 0 Å². The van der Waals surface area contributed by atoms with Crippen LogP contribution in [0.2, 0.25) is 0 Å². The van der Waals surface area contributed by atoms with Gasteiger partial charge < -0.3 is 4.84 Å². The summed E-state index contributed by atoms with van der Waals surface area (Å²) in [7, 11) is -2.15. The maximum absolute atomic E-state index is 10.6. The van der Waals surface area contributed by atoms with Crippen LogP contribution in [0.15, 0.2) is 35.5 Å². The monoisotopic (exact) mass is 224 g/mol. The van der Waals surface area contributed by atoms with E-state index in [9.17, 15) is 4.57 Å². The van der Waals surface area contributed by atoms with Crippen molar-refractivity contribution in [1.82, 2.24) is 0 Å². The van der Waals surface area contributed by atoms with E-state index >= 15 is 0 Å². The molecule has 1 aromatic carbocycles. The van der Waals surface area contributed by atoms with Gasteiger partial charge >= 0.3 is 8.03 Å². The third-order valence-corrected chi connectivity index (χ3v) is 2.92.